The maximum atomic E-state index is 11.7. The van der Waals surface area contributed by atoms with E-state index in [2.05, 4.69) is 10.3 Å². The summed E-state index contributed by atoms with van der Waals surface area (Å²) in [7, 11) is 0. The van der Waals surface area contributed by atoms with E-state index in [-0.39, 0.29) is 23.7 Å². The number of pyridine rings is 1. The van der Waals surface area contributed by atoms with Crippen LogP contribution in [0.3, 0.4) is 0 Å². The Kier molecular flexibility index (Phi) is 3.93. The third-order valence-corrected chi connectivity index (χ3v) is 2.95. The summed E-state index contributed by atoms with van der Waals surface area (Å²) in [6.45, 7) is 1.56. The van der Waals surface area contributed by atoms with Crippen molar-refractivity contribution in [1.82, 2.24) is 9.88 Å². The highest BCUT2D eigenvalue weighted by molar-refractivity contribution is 6.32. The maximum absolute atomic E-state index is 11.7. The topological polar surface area (TPSA) is 65.5 Å². The van der Waals surface area contributed by atoms with E-state index in [1.54, 1.807) is 18.3 Å². The van der Waals surface area contributed by atoms with Crippen LogP contribution in [-0.2, 0) is 4.79 Å². The average Bonchev–Trinajstić information content (AvgIpc) is 2.67. The van der Waals surface area contributed by atoms with Crippen LogP contribution in [0.25, 0.3) is 0 Å². The zero-order chi connectivity index (χ0) is 12.3. The quantitative estimate of drug-likeness (QED) is 0.782. The molecular formula is C11H14ClN3O2. The van der Waals surface area contributed by atoms with Gasteiger partial charge in [0, 0.05) is 19.3 Å². The van der Waals surface area contributed by atoms with Gasteiger partial charge >= 0.3 is 0 Å². The molecule has 1 aliphatic heterocycles. The third-order valence-electron chi connectivity index (χ3n) is 2.65. The van der Waals surface area contributed by atoms with Crippen LogP contribution in [0.15, 0.2) is 18.3 Å². The van der Waals surface area contributed by atoms with Gasteiger partial charge in [-0.1, -0.05) is 11.6 Å². The van der Waals surface area contributed by atoms with Crippen LogP contribution in [0, 0.1) is 0 Å². The number of likely N-dealkylation sites (tertiary alicyclic amines) is 1. The number of halogens is 1. The Morgan fingerprint density at radius 3 is 3.18 bits per heavy atom. The fourth-order valence-electron chi connectivity index (χ4n) is 1.83. The zero-order valence-corrected chi connectivity index (χ0v) is 10.0. The molecule has 1 atom stereocenters. The summed E-state index contributed by atoms with van der Waals surface area (Å²) in [5, 5.41) is 12.3. The summed E-state index contributed by atoms with van der Waals surface area (Å²) >= 11 is 5.83. The number of anilines is 1. The lowest BCUT2D eigenvalue weighted by Gasteiger charge is -2.14. The molecule has 0 aliphatic carbocycles. The number of rotatable bonds is 3. The number of hydrogen-bond donors (Lipinski definition) is 2. The summed E-state index contributed by atoms with van der Waals surface area (Å²) in [4.78, 5) is 17.5. The van der Waals surface area contributed by atoms with Crippen molar-refractivity contribution < 1.29 is 9.90 Å². The van der Waals surface area contributed by atoms with Crippen LogP contribution in [0.2, 0.25) is 5.15 Å². The summed E-state index contributed by atoms with van der Waals surface area (Å²) in [6.07, 6.45) is 1.97. The van der Waals surface area contributed by atoms with E-state index in [0.717, 1.165) is 13.0 Å². The molecule has 1 saturated heterocycles. The first kappa shape index (κ1) is 12.3. The molecule has 0 bridgehead atoms. The Morgan fingerprint density at radius 2 is 2.53 bits per heavy atom. The van der Waals surface area contributed by atoms with E-state index in [4.69, 9.17) is 11.6 Å². The highest BCUT2D eigenvalue weighted by atomic mass is 35.5. The van der Waals surface area contributed by atoms with Crippen molar-refractivity contribution in [2.45, 2.75) is 12.5 Å². The van der Waals surface area contributed by atoms with Gasteiger partial charge in [-0.2, -0.15) is 0 Å². The largest absolute Gasteiger partial charge is 0.392 e. The third kappa shape index (κ3) is 3.39. The lowest BCUT2D eigenvalue weighted by Crippen LogP contribution is -2.32. The van der Waals surface area contributed by atoms with Crippen molar-refractivity contribution in [3.63, 3.8) is 0 Å². The fraction of sp³-hybridized carbons (Fsp3) is 0.455. The van der Waals surface area contributed by atoms with Gasteiger partial charge in [-0.05, 0) is 18.6 Å². The molecule has 2 rings (SSSR count). The molecule has 2 N–H and O–H groups in total. The Morgan fingerprint density at radius 1 is 1.71 bits per heavy atom. The van der Waals surface area contributed by atoms with Gasteiger partial charge in [0.05, 0.1) is 18.3 Å². The number of carbonyl (C=O) groups is 1. The van der Waals surface area contributed by atoms with Gasteiger partial charge in [-0.15, -0.1) is 0 Å². The number of nitrogens with zero attached hydrogens (tertiary/aromatic N) is 2. The van der Waals surface area contributed by atoms with E-state index in [0.29, 0.717) is 12.2 Å². The fourth-order valence-corrected chi connectivity index (χ4v) is 1.99. The van der Waals surface area contributed by atoms with Gasteiger partial charge in [0.1, 0.15) is 0 Å². The molecule has 1 amide bonds. The number of aromatic nitrogens is 1. The molecule has 0 saturated carbocycles. The Bertz CT molecular complexity index is 413. The van der Waals surface area contributed by atoms with Crippen LogP contribution < -0.4 is 5.32 Å². The van der Waals surface area contributed by atoms with Gasteiger partial charge < -0.3 is 10.4 Å². The van der Waals surface area contributed by atoms with Gasteiger partial charge in [0.25, 0.3) is 0 Å². The summed E-state index contributed by atoms with van der Waals surface area (Å²) in [6, 6.07) is 3.41. The van der Waals surface area contributed by atoms with Crippen molar-refractivity contribution in [2.24, 2.45) is 0 Å². The van der Waals surface area contributed by atoms with E-state index < -0.39 is 0 Å². The van der Waals surface area contributed by atoms with Gasteiger partial charge in [-0.3, -0.25) is 9.69 Å². The maximum Gasteiger partial charge on any atom is 0.238 e. The summed E-state index contributed by atoms with van der Waals surface area (Å²) < 4.78 is 0. The molecule has 0 radical (unpaired) electrons. The number of carbonyl (C=O) groups excluding carboxylic acids is 1. The standard InChI is InChI=1S/C11H14ClN3O2/c12-11-9(2-1-4-13-11)14-10(17)7-15-5-3-8(16)6-15/h1-2,4,8,16H,3,5-7H2,(H,14,17)/t8-/m1/s1. The van der Waals surface area contributed by atoms with Gasteiger partial charge in [0.2, 0.25) is 5.91 Å². The molecule has 1 aromatic rings. The molecule has 0 spiro atoms. The molecule has 5 nitrogen and oxygen atoms in total. The van der Waals surface area contributed by atoms with E-state index in [1.807, 2.05) is 4.90 Å². The van der Waals surface area contributed by atoms with E-state index >= 15 is 0 Å². The number of nitrogens with one attached hydrogen (secondary N) is 1. The molecule has 92 valence electrons. The van der Waals surface area contributed by atoms with Crippen molar-refractivity contribution in [3.8, 4) is 0 Å². The Hall–Kier alpha value is -1.17. The number of β-amino-alcohol motifs (C(OH)–C–C–N with tert-alkyl or cyclic N) is 1. The molecule has 0 aromatic carbocycles. The van der Waals surface area contributed by atoms with E-state index in [9.17, 15) is 9.90 Å². The van der Waals surface area contributed by atoms with Crippen LogP contribution in [0.1, 0.15) is 6.42 Å². The number of amides is 1. The summed E-state index contributed by atoms with van der Waals surface area (Å²) in [5.74, 6) is -0.144. The van der Waals surface area contributed by atoms with Gasteiger partial charge in [0.15, 0.2) is 5.15 Å². The van der Waals surface area contributed by atoms with Crippen molar-refractivity contribution in [3.05, 3.63) is 23.5 Å². The predicted octanol–water partition coefficient (Wildman–Crippen LogP) is 0.740. The number of hydrogen-bond acceptors (Lipinski definition) is 4. The molecule has 1 aliphatic rings. The monoisotopic (exact) mass is 255 g/mol. The highest BCUT2D eigenvalue weighted by Gasteiger charge is 2.22. The second-order valence-electron chi connectivity index (χ2n) is 4.07. The Labute approximate surface area is 104 Å². The molecule has 1 aromatic heterocycles. The zero-order valence-electron chi connectivity index (χ0n) is 9.27. The molecule has 0 unspecified atom stereocenters. The van der Waals surface area contributed by atoms with Crippen LogP contribution in [0.4, 0.5) is 5.69 Å². The number of aliphatic hydroxyl groups excluding tert-OH is 1. The van der Waals surface area contributed by atoms with Crippen LogP contribution in [-0.4, -0.2) is 46.6 Å². The minimum atomic E-state index is -0.315. The van der Waals surface area contributed by atoms with Crippen LogP contribution in [0.5, 0.6) is 0 Å². The van der Waals surface area contributed by atoms with Crippen molar-refractivity contribution >= 4 is 23.2 Å². The second kappa shape index (κ2) is 5.44. The van der Waals surface area contributed by atoms with E-state index in [1.165, 1.54) is 0 Å². The van der Waals surface area contributed by atoms with Crippen LogP contribution >= 0.6 is 11.6 Å². The first-order chi connectivity index (χ1) is 8.15. The molecule has 1 fully saturated rings. The SMILES string of the molecule is O=C(CN1CC[C@@H](O)C1)Nc1cccnc1Cl. The first-order valence-corrected chi connectivity index (χ1v) is 5.84. The highest BCUT2D eigenvalue weighted by Crippen LogP contribution is 2.17. The summed E-state index contributed by atoms with van der Waals surface area (Å²) in [5.41, 5.74) is 0.513. The second-order valence-corrected chi connectivity index (χ2v) is 4.43. The van der Waals surface area contributed by atoms with Gasteiger partial charge in [-0.25, -0.2) is 4.98 Å². The predicted molar refractivity (Wildman–Crippen MR) is 64.9 cm³/mol. The number of aliphatic hydroxyl groups is 1. The lowest BCUT2D eigenvalue weighted by molar-refractivity contribution is -0.117. The first-order valence-electron chi connectivity index (χ1n) is 5.46. The van der Waals surface area contributed by atoms with Crippen molar-refractivity contribution in [1.29, 1.82) is 0 Å². The van der Waals surface area contributed by atoms with Crippen molar-refractivity contribution in [2.75, 3.05) is 25.0 Å². The Balaban J connectivity index is 1.87. The molecular weight excluding hydrogens is 242 g/mol. The molecule has 6 heteroatoms. The minimum Gasteiger partial charge on any atom is -0.392 e. The molecule has 2 heterocycles. The smallest absolute Gasteiger partial charge is 0.238 e. The lowest BCUT2D eigenvalue weighted by atomic mass is 10.3. The normalized spacial score (nSPS) is 20.5. The minimum absolute atomic E-state index is 0.144. The average molecular weight is 256 g/mol. The molecule has 17 heavy (non-hydrogen) atoms.